The molecule has 1 aromatic rings. The molecular weight excluding hydrogens is 352 g/mol. The van der Waals surface area contributed by atoms with Crippen molar-refractivity contribution in [1.82, 2.24) is 0 Å². The Balaban J connectivity index is 2.19. The maximum atomic E-state index is 12.5. The summed E-state index contributed by atoms with van der Waals surface area (Å²) in [6.45, 7) is -2.86. The summed E-state index contributed by atoms with van der Waals surface area (Å²) in [5.74, 6) is 0.119. The third-order valence-corrected chi connectivity index (χ3v) is 4.24. The number of rotatable bonds is 4. The molecule has 2 rings (SSSR count). The molecule has 0 radical (unpaired) electrons. The summed E-state index contributed by atoms with van der Waals surface area (Å²) in [5, 5.41) is 3.78. The first-order valence-electron chi connectivity index (χ1n) is 6.76. The van der Waals surface area contributed by atoms with Crippen LogP contribution in [0.1, 0.15) is 38.5 Å². The molecule has 0 heterocycles. The second-order valence-corrected chi connectivity index (χ2v) is 6.27. The molecule has 1 N–H and O–H groups in total. The van der Waals surface area contributed by atoms with Crippen molar-refractivity contribution in [3.8, 4) is 5.75 Å². The van der Waals surface area contributed by atoms with E-state index in [1.165, 1.54) is 12.8 Å². The van der Waals surface area contributed by atoms with Crippen molar-refractivity contribution in [2.75, 3.05) is 5.32 Å². The lowest BCUT2D eigenvalue weighted by Gasteiger charge is -2.21. The van der Waals surface area contributed by atoms with Crippen LogP contribution < -0.4 is 10.1 Å². The van der Waals surface area contributed by atoms with Crippen molar-refractivity contribution in [2.24, 2.45) is 0 Å². The minimum Gasteiger partial charge on any atom is -0.431 e. The van der Waals surface area contributed by atoms with Crippen molar-refractivity contribution in [1.29, 1.82) is 0 Å². The third kappa shape index (κ3) is 4.48. The van der Waals surface area contributed by atoms with E-state index >= 15 is 0 Å². The fourth-order valence-corrected chi connectivity index (χ4v) is 3.42. The first kappa shape index (κ1) is 15.8. The van der Waals surface area contributed by atoms with Crippen LogP contribution >= 0.6 is 27.5 Å². The lowest BCUT2D eigenvalue weighted by molar-refractivity contribution is -0.0499. The van der Waals surface area contributed by atoms with E-state index < -0.39 is 6.61 Å². The normalized spacial score (nSPS) is 17.1. The molecule has 0 amide bonds. The molecule has 20 heavy (non-hydrogen) atoms. The van der Waals surface area contributed by atoms with Crippen LogP contribution in [-0.2, 0) is 0 Å². The van der Waals surface area contributed by atoms with E-state index in [2.05, 4.69) is 26.0 Å². The van der Waals surface area contributed by atoms with Gasteiger partial charge in [0.25, 0.3) is 0 Å². The summed E-state index contributed by atoms with van der Waals surface area (Å²) >= 11 is 9.22. The van der Waals surface area contributed by atoms with E-state index in [0.717, 1.165) is 25.7 Å². The van der Waals surface area contributed by atoms with Crippen LogP contribution in [-0.4, -0.2) is 12.7 Å². The summed E-state index contributed by atoms with van der Waals surface area (Å²) in [6.07, 6.45) is 6.86. The van der Waals surface area contributed by atoms with Crippen LogP contribution in [0, 0.1) is 0 Å². The molecule has 6 heteroatoms. The molecule has 1 saturated carbocycles. The Hall–Kier alpha value is -0.550. The van der Waals surface area contributed by atoms with Gasteiger partial charge in [0.15, 0.2) is 5.75 Å². The fraction of sp³-hybridized carbons (Fsp3) is 0.571. The first-order chi connectivity index (χ1) is 9.56. The molecular formula is C14H17BrClF2NO. The number of hydrogen-bond donors (Lipinski definition) is 1. The van der Waals surface area contributed by atoms with Crippen molar-refractivity contribution in [3.05, 3.63) is 21.6 Å². The largest absolute Gasteiger partial charge is 0.431 e. The van der Waals surface area contributed by atoms with Crippen LogP contribution in [0.3, 0.4) is 0 Å². The lowest BCUT2D eigenvalue weighted by Crippen LogP contribution is -2.19. The summed E-state index contributed by atoms with van der Waals surface area (Å²) in [5.41, 5.74) is 0.525. The van der Waals surface area contributed by atoms with Gasteiger partial charge in [-0.15, -0.1) is 0 Å². The lowest BCUT2D eigenvalue weighted by atomic mass is 10.1. The van der Waals surface area contributed by atoms with E-state index in [9.17, 15) is 8.78 Å². The number of hydrogen-bond acceptors (Lipinski definition) is 2. The van der Waals surface area contributed by atoms with Gasteiger partial charge in [-0.1, -0.05) is 37.3 Å². The average Bonchev–Trinajstić information content (AvgIpc) is 2.62. The van der Waals surface area contributed by atoms with Gasteiger partial charge in [-0.2, -0.15) is 8.78 Å². The third-order valence-electron chi connectivity index (χ3n) is 3.43. The Labute approximate surface area is 131 Å². The SMILES string of the molecule is FC(F)Oc1c(Br)cc(Cl)cc1NC1CCCCCC1. The van der Waals surface area contributed by atoms with Crippen molar-refractivity contribution in [2.45, 2.75) is 51.2 Å². The van der Waals surface area contributed by atoms with Crippen LogP contribution in [0.2, 0.25) is 5.02 Å². The Kier molecular flexibility index (Phi) is 5.90. The molecule has 0 aromatic heterocycles. The summed E-state index contributed by atoms with van der Waals surface area (Å²) in [7, 11) is 0. The van der Waals surface area contributed by atoms with E-state index in [-0.39, 0.29) is 11.8 Å². The zero-order valence-corrected chi connectivity index (χ0v) is 13.3. The first-order valence-corrected chi connectivity index (χ1v) is 7.94. The van der Waals surface area contributed by atoms with E-state index in [0.29, 0.717) is 15.2 Å². The summed E-state index contributed by atoms with van der Waals surface area (Å²) < 4.78 is 30.1. The second kappa shape index (κ2) is 7.46. The molecule has 0 aliphatic heterocycles. The highest BCUT2D eigenvalue weighted by molar-refractivity contribution is 9.10. The predicted octanol–water partition coefficient (Wildman–Crippen LogP) is 5.84. The van der Waals surface area contributed by atoms with E-state index in [1.54, 1.807) is 12.1 Å². The highest BCUT2D eigenvalue weighted by atomic mass is 79.9. The fourth-order valence-electron chi connectivity index (χ4n) is 2.52. The number of nitrogens with one attached hydrogen (secondary N) is 1. The van der Waals surface area contributed by atoms with Gasteiger partial charge in [-0.05, 0) is 40.9 Å². The molecule has 2 nitrogen and oxygen atoms in total. The minimum absolute atomic E-state index is 0.119. The van der Waals surface area contributed by atoms with Gasteiger partial charge in [0.1, 0.15) is 0 Å². The summed E-state index contributed by atoms with van der Waals surface area (Å²) in [4.78, 5) is 0. The van der Waals surface area contributed by atoms with Gasteiger partial charge in [-0.25, -0.2) is 0 Å². The van der Waals surface area contributed by atoms with Crippen LogP contribution in [0.25, 0.3) is 0 Å². The monoisotopic (exact) mass is 367 g/mol. The number of halogens is 4. The van der Waals surface area contributed by atoms with Crippen molar-refractivity contribution < 1.29 is 13.5 Å². The minimum atomic E-state index is -2.86. The van der Waals surface area contributed by atoms with Gasteiger partial charge in [0.2, 0.25) is 0 Å². The Morgan fingerprint density at radius 3 is 2.45 bits per heavy atom. The number of ether oxygens (including phenoxy) is 1. The Morgan fingerprint density at radius 1 is 1.20 bits per heavy atom. The zero-order valence-electron chi connectivity index (χ0n) is 11.0. The maximum Gasteiger partial charge on any atom is 0.387 e. The van der Waals surface area contributed by atoms with Crippen molar-refractivity contribution in [3.63, 3.8) is 0 Å². The molecule has 112 valence electrons. The predicted molar refractivity (Wildman–Crippen MR) is 80.9 cm³/mol. The van der Waals surface area contributed by atoms with Crippen LogP contribution in [0.15, 0.2) is 16.6 Å². The van der Waals surface area contributed by atoms with E-state index in [4.69, 9.17) is 11.6 Å². The second-order valence-electron chi connectivity index (χ2n) is 4.98. The van der Waals surface area contributed by atoms with Gasteiger partial charge in [0, 0.05) is 11.1 Å². The molecule has 0 atom stereocenters. The quantitative estimate of drug-likeness (QED) is 0.674. The molecule has 0 bridgehead atoms. The molecule has 1 fully saturated rings. The standard InChI is InChI=1S/C14H17BrClF2NO/c15-11-7-9(16)8-12(13(11)20-14(17)18)19-10-5-3-1-2-4-6-10/h7-8,10,14,19H,1-6H2. The van der Waals surface area contributed by atoms with Gasteiger partial charge >= 0.3 is 6.61 Å². The highest BCUT2D eigenvalue weighted by Gasteiger charge is 2.18. The van der Waals surface area contributed by atoms with Crippen molar-refractivity contribution >= 4 is 33.2 Å². The molecule has 1 aliphatic carbocycles. The molecule has 1 aromatic carbocycles. The zero-order chi connectivity index (χ0) is 14.5. The van der Waals surface area contributed by atoms with Gasteiger partial charge in [-0.3, -0.25) is 0 Å². The van der Waals surface area contributed by atoms with E-state index in [1.807, 2.05) is 0 Å². The maximum absolute atomic E-state index is 12.5. The molecule has 1 aliphatic rings. The number of benzene rings is 1. The Bertz CT molecular complexity index is 451. The molecule has 0 unspecified atom stereocenters. The van der Waals surface area contributed by atoms with Gasteiger partial charge in [0.05, 0.1) is 10.2 Å². The number of alkyl halides is 2. The molecule has 0 saturated heterocycles. The summed E-state index contributed by atoms with van der Waals surface area (Å²) in [6, 6.07) is 3.47. The number of anilines is 1. The van der Waals surface area contributed by atoms with Gasteiger partial charge < -0.3 is 10.1 Å². The van der Waals surface area contributed by atoms with Crippen LogP contribution in [0.5, 0.6) is 5.75 Å². The smallest absolute Gasteiger partial charge is 0.387 e. The Morgan fingerprint density at radius 2 is 1.85 bits per heavy atom. The molecule has 0 spiro atoms. The highest BCUT2D eigenvalue weighted by Crippen LogP contribution is 2.38. The topological polar surface area (TPSA) is 21.3 Å². The van der Waals surface area contributed by atoms with Crippen LogP contribution in [0.4, 0.5) is 14.5 Å². The average molecular weight is 369 g/mol.